The number of pyridine rings is 1. The van der Waals surface area contributed by atoms with Gasteiger partial charge < -0.3 is 4.74 Å². The van der Waals surface area contributed by atoms with Crippen LogP contribution in [0.25, 0.3) is 32.3 Å². The second-order valence-electron chi connectivity index (χ2n) is 6.37. The van der Waals surface area contributed by atoms with Crippen LogP contribution in [0.15, 0.2) is 79.0 Å². The first-order valence-corrected chi connectivity index (χ1v) is 8.52. The van der Waals surface area contributed by atoms with Crippen molar-refractivity contribution in [3.05, 3.63) is 90.6 Å². The topological polar surface area (TPSA) is 22.1 Å². The predicted molar refractivity (Wildman–Crippen MR) is 103 cm³/mol. The van der Waals surface area contributed by atoms with Gasteiger partial charge in [-0.15, -0.1) is 0 Å². The van der Waals surface area contributed by atoms with Crippen LogP contribution in [0.2, 0.25) is 0 Å². The molecule has 4 heteroatoms. The Morgan fingerprint density at radius 3 is 2.41 bits per heavy atom. The highest BCUT2D eigenvalue weighted by atomic mass is 19.1. The molecule has 0 saturated heterocycles. The van der Waals surface area contributed by atoms with E-state index in [9.17, 15) is 8.78 Å². The van der Waals surface area contributed by atoms with Crippen LogP contribution in [-0.4, -0.2) is 4.98 Å². The van der Waals surface area contributed by atoms with Crippen molar-refractivity contribution >= 4 is 32.3 Å². The minimum Gasteiger partial charge on any atom is -0.438 e. The third kappa shape index (κ3) is 2.66. The molecule has 0 aliphatic rings. The summed E-state index contributed by atoms with van der Waals surface area (Å²) < 4.78 is 34.3. The lowest BCUT2D eigenvalue weighted by Crippen LogP contribution is -1.92. The van der Waals surface area contributed by atoms with Crippen molar-refractivity contribution in [3.8, 4) is 11.6 Å². The van der Waals surface area contributed by atoms with Gasteiger partial charge in [-0.2, -0.15) is 0 Å². The van der Waals surface area contributed by atoms with E-state index in [2.05, 4.69) is 4.98 Å². The first kappa shape index (κ1) is 15.7. The van der Waals surface area contributed by atoms with E-state index in [1.54, 1.807) is 12.3 Å². The molecule has 0 bridgehead atoms. The fourth-order valence-corrected chi connectivity index (χ4v) is 3.40. The summed E-state index contributed by atoms with van der Waals surface area (Å²) in [5, 5.41) is 4.19. The zero-order chi connectivity index (χ0) is 18.4. The monoisotopic (exact) mass is 357 g/mol. The second-order valence-corrected chi connectivity index (χ2v) is 6.37. The molecule has 0 saturated carbocycles. The Hall–Kier alpha value is -3.53. The molecule has 5 aromatic rings. The van der Waals surface area contributed by atoms with Gasteiger partial charge in [0.25, 0.3) is 0 Å². The SMILES string of the molecule is Fc1ccc2c(F)cc3c(Oc4ccc5ccccc5c4)nccc3c2c1. The van der Waals surface area contributed by atoms with E-state index in [0.717, 1.165) is 10.8 Å². The van der Waals surface area contributed by atoms with Crippen LogP contribution in [0.4, 0.5) is 8.78 Å². The Balaban J connectivity index is 1.69. The van der Waals surface area contributed by atoms with Crippen LogP contribution in [0.5, 0.6) is 11.6 Å². The van der Waals surface area contributed by atoms with Gasteiger partial charge in [-0.3, -0.25) is 0 Å². The summed E-state index contributed by atoms with van der Waals surface area (Å²) in [7, 11) is 0. The number of hydrogen-bond acceptors (Lipinski definition) is 2. The summed E-state index contributed by atoms with van der Waals surface area (Å²) in [5.41, 5.74) is 0. The average Bonchev–Trinajstić information content (AvgIpc) is 2.68. The van der Waals surface area contributed by atoms with E-state index in [1.807, 2.05) is 42.5 Å². The van der Waals surface area contributed by atoms with Crippen molar-refractivity contribution in [1.29, 1.82) is 0 Å². The van der Waals surface area contributed by atoms with Gasteiger partial charge in [0.15, 0.2) is 0 Å². The quantitative estimate of drug-likeness (QED) is 0.332. The summed E-state index contributed by atoms with van der Waals surface area (Å²) >= 11 is 0. The standard InChI is InChI=1S/C23H13F2NO/c24-16-6-8-19-20(12-16)18-9-10-26-23(21(18)13-22(19)25)27-17-7-5-14-3-1-2-4-15(14)11-17/h1-13H. The minimum atomic E-state index is -0.436. The van der Waals surface area contributed by atoms with E-state index < -0.39 is 11.6 Å². The molecule has 0 spiro atoms. The van der Waals surface area contributed by atoms with Gasteiger partial charge in [-0.05, 0) is 64.0 Å². The van der Waals surface area contributed by atoms with E-state index in [-0.39, 0.29) is 5.88 Å². The van der Waals surface area contributed by atoms with Gasteiger partial charge in [0.1, 0.15) is 17.4 Å². The van der Waals surface area contributed by atoms with Gasteiger partial charge in [-0.25, -0.2) is 13.8 Å². The normalized spacial score (nSPS) is 11.3. The summed E-state index contributed by atoms with van der Waals surface area (Å²) in [6, 6.07) is 20.8. The maximum absolute atomic E-state index is 14.6. The molecule has 0 fully saturated rings. The van der Waals surface area contributed by atoms with Crippen molar-refractivity contribution in [2.75, 3.05) is 0 Å². The zero-order valence-electron chi connectivity index (χ0n) is 14.1. The average molecular weight is 357 g/mol. The smallest absolute Gasteiger partial charge is 0.227 e. The molecule has 0 unspecified atom stereocenters. The molecule has 5 rings (SSSR count). The van der Waals surface area contributed by atoms with Gasteiger partial charge >= 0.3 is 0 Å². The number of rotatable bonds is 2. The van der Waals surface area contributed by atoms with Crippen LogP contribution in [-0.2, 0) is 0 Å². The molecule has 0 radical (unpaired) electrons. The highest BCUT2D eigenvalue weighted by Gasteiger charge is 2.13. The molecule has 0 amide bonds. The predicted octanol–water partition coefficient (Wildman–Crippen LogP) is 6.61. The van der Waals surface area contributed by atoms with Crippen molar-refractivity contribution in [2.45, 2.75) is 0 Å². The van der Waals surface area contributed by atoms with Crippen LogP contribution < -0.4 is 4.74 Å². The second kappa shape index (κ2) is 6.02. The summed E-state index contributed by atoms with van der Waals surface area (Å²) in [6.07, 6.45) is 1.58. The Morgan fingerprint density at radius 2 is 1.52 bits per heavy atom. The highest BCUT2D eigenvalue weighted by Crippen LogP contribution is 2.35. The van der Waals surface area contributed by atoms with E-state index in [4.69, 9.17) is 4.74 Å². The minimum absolute atomic E-state index is 0.285. The Kier molecular flexibility index (Phi) is 3.50. The van der Waals surface area contributed by atoms with Crippen molar-refractivity contribution in [2.24, 2.45) is 0 Å². The third-order valence-electron chi connectivity index (χ3n) is 4.69. The van der Waals surface area contributed by atoms with E-state index in [1.165, 1.54) is 24.3 Å². The number of benzene rings is 4. The van der Waals surface area contributed by atoms with Gasteiger partial charge in [0.2, 0.25) is 5.88 Å². The maximum Gasteiger partial charge on any atom is 0.227 e. The summed E-state index contributed by atoms with van der Waals surface area (Å²) in [5.74, 6) is 0.0401. The van der Waals surface area contributed by atoms with Crippen LogP contribution in [0.3, 0.4) is 0 Å². The Labute approximate surface area is 153 Å². The van der Waals surface area contributed by atoms with Gasteiger partial charge in [0.05, 0.1) is 0 Å². The van der Waals surface area contributed by atoms with Gasteiger partial charge in [0, 0.05) is 17.0 Å². The summed E-state index contributed by atoms with van der Waals surface area (Å²) in [6.45, 7) is 0. The first-order valence-electron chi connectivity index (χ1n) is 8.52. The number of halogens is 2. The lowest BCUT2D eigenvalue weighted by molar-refractivity contribution is 0.469. The Morgan fingerprint density at radius 1 is 0.667 bits per heavy atom. The molecule has 2 nitrogen and oxygen atoms in total. The molecule has 0 aliphatic heterocycles. The molecule has 0 atom stereocenters. The Bertz CT molecular complexity index is 1330. The molecule has 130 valence electrons. The van der Waals surface area contributed by atoms with E-state index >= 15 is 0 Å². The number of ether oxygens (including phenoxy) is 1. The van der Waals surface area contributed by atoms with Crippen molar-refractivity contribution < 1.29 is 13.5 Å². The van der Waals surface area contributed by atoms with E-state index in [0.29, 0.717) is 27.3 Å². The summed E-state index contributed by atoms with van der Waals surface area (Å²) in [4.78, 5) is 4.27. The molecule has 0 N–H and O–H groups in total. The maximum atomic E-state index is 14.6. The first-order chi connectivity index (χ1) is 13.2. The lowest BCUT2D eigenvalue weighted by atomic mass is 10.0. The van der Waals surface area contributed by atoms with Crippen LogP contribution >= 0.6 is 0 Å². The molecule has 1 heterocycles. The number of aromatic nitrogens is 1. The zero-order valence-corrected chi connectivity index (χ0v) is 14.1. The fourth-order valence-electron chi connectivity index (χ4n) is 3.40. The fraction of sp³-hybridized carbons (Fsp3) is 0. The van der Waals surface area contributed by atoms with Crippen molar-refractivity contribution in [1.82, 2.24) is 4.98 Å². The molecule has 27 heavy (non-hydrogen) atoms. The third-order valence-corrected chi connectivity index (χ3v) is 4.69. The van der Waals surface area contributed by atoms with Crippen LogP contribution in [0, 0.1) is 11.6 Å². The van der Waals surface area contributed by atoms with Crippen LogP contribution in [0.1, 0.15) is 0 Å². The molecular weight excluding hydrogens is 344 g/mol. The molecule has 4 aromatic carbocycles. The highest BCUT2D eigenvalue weighted by molar-refractivity contribution is 6.09. The van der Waals surface area contributed by atoms with Crippen molar-refractivity contribution in [3.63, 3.8) is 0 Å². The molecule has 0 aliphatic carbocycles. The largest absolute Gasteiger partial charge is 0.438 e. The lowest BCUT2D eigenvalue weighted by Gasteiger charge is -2.11. The number of fused-ring (bicyclic) bond motifs is 4. The van der Waals surface area contributed by atoms with Gasteiger partial charge in [-0.1, -0.05) is 30.3 Å². The number of nitrogens with zero attached hydrogens (tertiary/aromatic N) is 1. The number of hydrogen-bond donors (Lipinski definition) is 0. The molecule has 1 aromatic heterocycles. The molecular formula is C23H13F2NO.